The average Bonchev–Trinajstić information content (AvgIpc) is 2.63. The van der Waals surface area contributed by atoms with Gasteiger partial charge in [-0.25, -0.2) is 4.98 Å². The zero-order chi connectivity index (χ0) is 18.5. The molecule has 1 N–H and O–H groups in total. The molecule has 1 aromatic heterocycles. The van der Waals surface area contributed by atoms with E-state index in [0.717, 1.165) is 16.7 Å². The number of nitrogens with zero attached hydrogens (tertiary/aromatic N) is 3. The van der Waals surface area contributed by atoms with Gasteiger partial charge in [0.05, 0.1) is 4.92 Å². The number of rotatable bonds is 6. The number of benzene rings is 2. The normalized spacial score (nSPS) is 10.4. The Morgan fingerprint density at radius 1 is 1.00 bits per heavy atom. The first-order valence-corrected chi connectivity index (χ1v) is 8.06. The molecular formula is C19H18N4O3. The number of nitrogens with one attached hydrogen (secondary N) is 1. The predicted molar refractivity (Wildman–Crippen MR) is 98.4 cm³/mol. The zero-order valence-corrected chi connectivity index (χ0v) is 14.5. The van der Waals surface area contributed by atoms with Gasteiger partial charge < -0.3 is 10.1 Å². The predicted octanol–water partition coefficient (Wildman–Crippen LogP) is 4.41. The van der Waals surface area contributed by atoms with Crippen LogP contribution in [0.4, 0.5) is 11.5 Å². The molecule has 0 fully saturated rings. The van der Waals surface area contributed by atoms with Crippen molar-refractivity contribution in [3.63, 3.8) is 0 Å². The first-order chi connectivity index (χ1) is 12.5. The summed E-state index contributed by atoms with van der Waals surface area (Å²) >= 11 is 0. The highest BCUT2D eigenvalue weighted by Crippen LogP contribution is 2.34. The first-order valence-electron chi connectivity index (χ1n) is 8.06. The van der Waals surface area contributed by atoms with E-state index >= 15 is 0 Å². The van der Waals surface area contributed by atoms with Crippen LogP contribution in [0.2, 0.25) is 0 Å². The lowest BCUT2D eigenvalue weighted by Gasteiger charge is -2.10. The third kappa shape index (κ3) is 4.13. The quantitative estimate of drug-likeness (QED) is 0.523. The molecule has 0 spiro atoms. The van der Waals surface area contributed by atoms with Crippen molar-refractivity contribution in [2.24, 2.45) is 0 Å². The van der Waals surface area contributed by atoms with E-state index in [-0.39, 0.29) is 17.4 Å². The number of nitro groups is 1. The topological polar surface area (TPSA) is 90.2 Å². The van der Waals surface area contributed by atoms with Crippen LogP contribution in [0.3, 0.4) is 0 Å². The van der Waals surface area contributed by atoms with Crippen molar-refractivity contribution in [1.29, 1.82) is 0 Å². The Morgan fingerprint density at radius 3 is 2.23 bits per heavy atom. The van der Waals surface area contributed by atoms with Crippen molar-refractivity contribution in [1.82, 2.24) is 9.97 Å². The highest BCUT2D eigenvalue weighted by atomic mass is 16.6. The Morgan fingerprint density at radius 2 is 1.62 bits per heavy atom. The standard InChI is InChI=1S/C19H18N4O3/c1-13-3-7-15(8-4-13)11-20-18-17(23(24)25)19(22-12-21-18)26-16-9-5-14(2)6-10-16/h3-10,12H,11H2,1-2H3,(H,20,21,22). The van der Waals surface area contributed by atoms with Gasteiger partial charge in [0.15, 0.2) is 0 Å². The minimum atomic E-state index is -0.541. The molecular weight excluding hydrogens is 332 g/mol. The van der Waals surface area contributed by atoms with Gasteiger partial charge in [-0.05, 0) is 31.5 Å². The molecule has 0 aliphatic rings. The maximum Gasteiger partial charge on any atom is 0.373 e. The fourth-order valence-corrected chi connectivity index (χ4v) is 2.34. The fourth-order valence-electron chi connectivity index (χ4n) is 2.34. The number of aromatic nitrogens is 2. The van der Waals surface area contributed by atoms with Crippen LogP contribution in [0.5, 0.6) is 11.6 Å². The second-order valence-corrected chi connectivity index (χ2v) is 5.89. The Kier molecular flexibility index (Phi) is 5.07. The molecule has 0 radical (unpaired) electrons. The molecule has 7 nitrogen and oxygen atoms in total. The highest BCUT2D eigenvalue weighted by molar-refractivity contribution is 5.62. The van der Waals surface area contributed by atoms with Crippen LogP contribution >= 0.6 is 0 Å². The van der Waals surface area contributed by atoms with Gasteiger partial charge in [-0.15, -0.1) is 0 Å². The summed E-state index contributed by atoms with van der Waals surface area (Å²) in [7, 11) is 0. The monoisotopic (exact) mass is 350 g/mol. The van der Waals surface area contributed by atoms with E-state index < -0.39 is 4.92 Å². The van der Waals surface area contributed by atoms with E-state index in [9.17, 15) is 10.1 Å². The maximum absolute atomic E-state index is 11.5. The third-order valence-electron chi connectivity index (χ3n) is 3.79. The Hall–Kier alpha value is -3.48. The van der Waals surface area contributed by atoms with Crippen LogP contribution in [0, 0.1) is 24.0 Å². The molecule has 132 valence electrons. The van der Waals surface area contributed by atoms with Crippen LogP contribution in [-0.4, -0.2) is 14.9 Å². The lowest BCUT2D eigenvalue weighted by molar-refractivity contribution is -0.385. The molecule has 0 saturated carbocycles. The van der Waals surface area contributed by atoms with Gasteiger partial charge in [0.2, 0.25) is 5.82 Å². The summed E-state index contributed by atoms with van der Waals surface area (Å²) in [5.74, 6) is 0.495. The Bertz CT molecular complexity index is 909. The number of anilines is 1. The van der Waals surface area contributed by atoms with E-state index in [1.165, 1.54) is 6.33 Å². The summed E-state index contributed by atoms with van der Waals surface area (Å²) in [6.45, 7) is 4.35. The van der Waals surface area contributed by atoms with E-state index in [1.807, 2.05) is 50.2 Å². The molecule has 3 rings (SSSR count). The maximum atomic E-state index is 11.5. The van der Waals surface area contributed by atoms with Gasteiger partial charge in [0.1, 0.15) is 12.1 Å². The lowest BCUT2D eigenvalue weighted by Crippen LogP contribution is -2.07. The SMILES string of the molecule is Cc1ccc(CNc2ncnc(Oc3ccc(C)cc3)c2[N+](=O)[O-])cc1. The molecule has 0 saturated heterocycles. The molecule has 2 aromatic carbocycles. The summed E-state index contributed by atoms with van der Waals surface area (Å²) in [5, 5.41) is 14.5. The van der Waals surface area contributed by atoms with E-state index in [4.69, 9.17) is 4.74 Å². The van der Waals surface area contributed by atoms with Gasteiger partial charge in [-0.1, -0.05) is 47.5 Å². The van der Waals surface area contributed by atoms with Crippen molar-refractivity contribution < 1.29 is 9.66 Å². The summed E-state index contributed by atoms with van der Waals surface area (Å²) < 4.78 is 5.60. The van der Waals surface area contributed by atoms with Crippen LogP contribution in [0.1, 0.15) is 16.7 Å². The molecule has 0 amide bonds. The van der Waals surface area contributed by atoms with Gasteiger partial charge in [0, 0.05) is 6.54 Å². The van der Waals surface area contributed by atoms with Gasteiger partial charge >= 0.3 is 11.6 Å². The van der Waals surface area contributed by atoms with Crippen molar-refractivity contribution in [2.45, 2.75) is 20.4 Å². The minimum absolute atomic E-state index is 0.0970. The van der Waals surface area contributed by atoms with Crippen molar-refractivity contribution >= 4 is 11.5 Å². The van der Waals surface area contributed by atoms with Gasteiger partial charge in [-0.2, -0.15) is 4.98 Å². The second kappa shape index (κ2) is 7.60. The van der Waals surface area contributed by atoms with Crippen LogP contribution in [0.25, 0.3) is 0 Å². The summed E-state index contributed by atoms with van der Waals surface area (Å²) in [6, 6.07) is 15.1. The molecule has 0 unspecified atom stereocenters. The number of hydrogen-bond donors (Lipinski definition) is 1. The summed E-state index contributed by atoms with van der Waals surface area (Å²) in [5.41, 5.74) is 2.91. The summed E-state index contributed by atoms with van der Waals surface area (Å²) in [4.78, 5) is 18.9. The lowest BCUT2D eigenvalue weighted by atomic mass is 10.1. The van der Waals surface area contributed by atoms with Crippen LogP contribution < -0.4 is 10.1 Å². The fraction of sp³-hybridized carbons (Fsp3) is 0.158. The zero-order valence-electron chi connectivity index (χ0n) is 14.5. The average molecular weight is 350 g/mol. The first kappa shape index (κ1) is 17.3. The van der Waals surface area contributed by atoms with Crippen LogP contribution in [-0.2, 0) is 6.54 Å². The van der Waals surface area contributed by atoms with Gasteiger partial charge in [0.25, 0.3) is 0 Å². The second-order valence-electron chi connectivity index (χ2n) is 5.89. The summed E-state index contributed by atoms with van der Waals surface area (Å²) in [6.07, 6.45) is 1.24. The Balaban J connectivity index is 1.84. The molecule has 1 heterocycles. The van der Waals surface area contributed by atoms with E-state index in [0.29, 0.717) is 12.3 Å². The van der Waals surface area contributed by atoms with E-state index in [1.54, 1.807) is 12.1 Å². The van der Waals surface area contributed by atoms with Crippen molar-refractivity contribution in [2.75, 3.05) is 5.32 Å². The third-order valence-corrected chi connectivity index (χ3v) is 3.79. The van der Waals surface area contributed by atoms with Crippen molar-refractivity contribution in [3.8, 4) is 11.6 Å². The number of aryl methyl sites for hydroxylation is 2. The minimum Gasteiger partial charge on any atom is -0.434 e. The number of ether oxygens (including phenoxy) is 1. The molecule has 0 aliphatic heterocycles. The van der Waals surface area contributed by atoms with Crippen LogP contribution in [0.15, 0.2) is 54.9 Å². The molecule has 0 aliphatic carbocycles. The molecule has 26 heavy (non-hydrogen) atoms. The Labute approximate surface area is 150 Å². The highest BCUT2D eigenvalue weighted by Gasteiger charge is 2.24. The molecule has 0 atom stereocenters. The number of hydrogen-bond acceptors (Lipinski definition) is 6. The molecule has 0 bridgehead atoms. The van der Waals surface area contributed by atoms with Gasteiger partial charge in [-0.3, -0.25) is 10.1 Å². The van der Waals surface area contributed by atoms with E-state index in [2.05, 4.69) is 15.3 Å². The molecule has 7 heteroatoms. The smallest absolute Gasteiger partial charge is 0.373 e. The molecule has 3 aromatic rings. The van der Waals surface area contributed by atoms with Crippen molar-refractivity contribution in [3.05, 3.63) is 81.7 Å². The largest absolute Gasteiger partial charge is 0.434 e.